The van der Waals surface area contributed by atoms with Crippen LogP contribution in [-0.2, 0) is 6.54 Å². The van der Waals surface area contributed by atoms with Gasteiger partial charge in [0, 0.05) is 30.9 Å². The molecule has 0 saturated heterocycles. The maximum absolute atomic E-state index is 8.49. The summed E-state index contributed by atoms with van der Waals surface area (Å²) in [6.07, 6.45) is 3.64. The van der Waals surface area contributed by atoms with Gasteiger partial charge in [0.05, 0.1) is 6.07 Å². The number of rotatable bonds is 6. The lowest BCUT2D eigenvalue weighted by molar-refractivity contribution is 0.531. The Morgan fingerprint density at radius 1 is 1.60 bits per heavy atom. The number of aromatic nitrogens is 1. The van der Waals surface area contributed by atoms with Gasteiger partial charge in [-0.1, -0.05) is 6.92 Å². The zero-order valence-electron chi connectivity index (χ0n) is 9.53. The Labute approximate surface area is 91.7 Å². The van der Waals surface area contributed by atoms with Crippen LogP contribution in [0.3, 0.4) is 0 Å². The summed E-state index contributed by atoms with van der Waals surface area (Å²) >= 11 is 0. The van der Waals surface area contributed by atoms with Gasteiger partial charge in [-0.05, 0) is 32.0 Å². The Bertz CT molecular complexity index is 322. The van der Waals surface area contributed by atoms with E-state index < -0.39 is 0 Å². The number of hydrogen-bond donors (Lipinski definition) is 1. The van der Waals surface area contributed by atoms with Crippen molar-refractivity contribution >= 4 is 0 Å². The van der Waals surface area contributed by atoms with Gasteiger partial charge in [-0.3, -0.25) is 0 Å². The highest BCUT2D eigenvalue weighted by Crippen LogP contribution is 2.13. The van der Waals surface area contributed by atoms with Crippen molar-refractivity contribution in [3.05, 3.63) is 24.0 Å². The van der Waals surface area contributed by atoms with E-state index in [4.69, 9.17) is 5.26 Å². The van der Waals surface area contributed by atoms with Crippen LogP contribution in [0.5, 0.6) is 0 Å². The third-order valence-electron chi connectivity index (χ3n) is 2.51. The molecule has 1 atom stereocenters. The Hall–Kier alpha value is -1.27. The fraction of sp³-hybridized carbons (Fsp3) is 0.583. The second-order valence-electron chi connectivity index (χ2n) is 3.67. The number of aryl methyl sites for hydroxylation is 1. The van der Waals surface area contributed by atoms with Crippen molar-refractivity contribution in [3.8, 4) is 6.07 Å². The molecule has 1 heterocycles. The van der Waals surface area contributed by atoms with Crippen LogP contribution in [0, 0.1) is 11.3 Å². The molecule has 0 fully saturated rings. The van der Waals surface area contributed by atoms with E-state index >= 15 is 0 Å². The molecule has 0 bridgehead atoms. The molecule has 1 aromatic rings. The SMILES string of the molecule is CCNC(C)c1cccn1CCCC#N. The van der Waals surface area contributed by atoms with Crippen molar-refractivity contribution in [2.75, 3.05) is 6.54 Å². The van der Waals surface area contributed by atoms with Crippen molar-refractivity contribution in [3.63, 3.8) is 0 Å². The topological polar surface area (TPSA) is 40.8 Å². The first-order chi connectivity index (χ1) is 7.29. The number of nitrogens with zero attached hydrogens (tertiary/aromatic N) is 2. The van der Waals surface area contributed by atoms with E-state index in [1.165, 1.54) is 5.69 Å². The van der Waals surface area contributed by atoms with Crippen molar-refractivity contribution in [2.45, 2.75) is 39.3 Å². The normalized spacial score (nSPS) is 12.3. The first-order valence-electron chi connectivity index (χ1n) is 5.55. The lowest BCUT2D eigenvalue weighted by Crippen LogP contribution is -2.20. The van der Waals surface area contributed by atoms with Gasteiger partial charge in [-0.15, -0.1) is 0 Å². The van der Waals surface area contributed by atoms with E-state index in [0.29, 0.717) is 12.5 Å². The van der Waals surface area contributed by atoms with Crippen LogP contribution < -0.4 is 5.32 Å². The summed E-state index contributed by atoms with van der Waals surface area (Å²) in [5.74, 6) is 0. The van der Waals surface area contributed by atoms with Gasteiger partial charge >= 0.3 is 0 Å². The highest BCUT2D eigenvalue weighted by Gasteiger charge is 2.07. The zero-order chi connectivity index (χ0) is 11.1. The third kappa shape index (κ3) is 3.41. The first-order valence-corrected chi connectivity index (χ1v) is 5.55. The number of nitrogens with one attached hydrogen (secondary N) is 1. The molecule has 1 aromatic heterocycles. The summed E-state index contributed by atoms with van der Waals surface area (Å²) in [6.45, 7) is 6.19. The van der Waals surface area contributed by atoms with Crippen LogP contribution in [-0.4, -0.2) is 11.1 Å². The van der Waals surface area contributed by atoms with E-state index in [2.05, 4.69) is 48.1 Å². The van der Waals surface area contributed by atoms with Crippen LogP contribution in [0.15, 0.2) is 18.3 Å². The standard InChI is InChI=1S/C12H19N3/c1-3-14-11(2)12-7-6-10-15(12)9-5-4-8-13/h6-7,10-11,14H,3-5,9H2,1-2H3. The second kappa shape index (κ2) is 6.26. The van der Waals surface area contributed by atoms with E-state index in [9.17, 15) is 0 Å². The molecular weight excluding hydrogens is 186 g/mol. The minimum atomic E-state index is 0.382. The summed E-state index contributed by atoms with van der Waals surface area (Å²) in [6, 6.07) is 6.76. The maximum atomic E-state index is 8.49. The van der Waals surface area contributed by atoms with Gasteiger partial charge in [0.1, 0.15) is 0 Å². The lowest BCUT2D eigenvalue weighted by atomic mass is 10.2. The monoisotopic (exact) mass is 205 g/mol. The van der Waals surface area contributed by atoms with Crippen LogP contribution >= 0.6 is 0 Å². The zero-order valence-corrected chi connectivity index (χ0v) is 9.53. The summed E-state index contributed by atoms with van der Waals surface area (Å²) in [5, 5.41) is 11.9. The summed E-state index contributed by atoms with van der Waals surface area (Å²) in [5.41, 5.74) is 1.30. The average molecular weight is 205 g/mol. The molecule has 1 rings (SSSR count). The van der Waals surface area contributed by atoms with E-state index in [1.54, 1.807) is 0 Å². The maximum Gasteiger partial charge on any atom is 0.0622 e. The smallest absolute Gasteiger partial charge is 0.0622 e. The molecule has 3 nitrogen and oxygen atoms in total. The second-order valence-corrected chi connectivity index (χ2v) is 3.67. The van der Waals surface area contributed by atoms with Gasteiger partial charge in [0.15, 0.2) is 0 Å². The quantitative estimate of drug-likeness (QED) is 0.725. The van der Waals surface area contributed by atoms with Crippen LogP contribution in [0.2, 0.25) is 0 Å². The molecule has 0 amide bonds. The van der Waals surface area contributed by atoms with E-state index in [-0.39, 0.29) is 0 Å². The van der Waals surface area contributed by atoms with Gasteiger partial charge < -0.3 is 9.88 Å². The highest BCUT2D eigenvalue weighted by molar-refractivity contribution is 5.11. The molecule has 3 heteroatoms. The molecule has 0 aliphatic rings. The minimum Gasteiger partial charge on any atom is -0.350 e. The Morgan fingerprint density at radius 3 is 3.07 bits per heavy atom. The van der Waals surface area contributed by atoms with Gasteiger partial charge in [-0.25, -0.2) is 0 Å². The molecule has 82 valence electrons. The fourth-order valence-corrected chi connectivity index (χ4v) is 1.76. The van der Waals surface area contributed by atoms with Gasteiger partial charge in [0.2, 0.25) is 0 Å². The molecule has 0 saturated carbocycles. The highest BCUT2D eigenvalue weighted by atomic mass is 15.0. The summed E-state index contributed by atoms with van der Waals surface area (Å²) in [7, 11) is 0. The third-order valence-corrected chi connectivity index (χ3v) is 2.51. The molecule has 0 radical (unpaired) electrons. The molecule has 0 aromatic carbocycles. The number of unbranched alkanes of at least 4 members (excludes halogenated alkanes) is 1. The molecule has 1 unspecified atom stereocenters. The number of hydrogen-bond acceptors (Lipinski definition) is 2. The fourth-order valence-electron chi connectivity index (χ4n) is 1.76. The van der Waals surface area contributed by atoms with Crippen LogP contribution in [0.1, 0.15) is 38.4 Å². The number of nitriles is 1. The van der Waals surface area contributed by atoms with Gasteiger partial charge in [-0.2, -0.15) is 5.26 Å². The Kier molecular flexibility index (Phi) is 4.92. The lowest BCUT2D eigenvalue weighted by Gasteiger charge is -2.15. The average Bonchev–Trinajstić information content (AvgIpc) is 2.67. The Balaban J connectivity index is 2.57. The summed E-state index contributed by atoms with van der Waals surface area (Å²) < 4.78 is 2.23. The van der Waals surface area contributed by atoms with Crippen molar-refractivity contribution in [1.82, 2.24) is 9.88 Å². The minimum absolute atomic E-state index is 0.382. The largest absolute Gasteiger partial charge is 0.350 e. The van der Waals surface area contributed by atoms with E-state index in [1.807, 2.05) is 0 Å². The molecule has 0 aliphatic carbocycles. The predicted octanol–water partition coefficient (Wildman–Crippen LogP) is 2.46. The summed E-state index contributed by atoms with van der Waals surface area (Å²) in [4.78, 5) is 0. The van der Waals surface area contributed by atoms with Crippen molar-refractivity contribution < 1.29 is 0 Å². The Morgan fingerprint density at radius 2 is 2.40 bits per heavy atom. The predicted molar refractivity (Wildman–Crippen MR) is 61.4 cm³/mol. The van der Waals surface area contributed by atoms with Crippen molar-refractivity contribution in [1.29, 1.82) is 5.26 Å². The molecule has 0 aliphatic heterocycles. The van der Waals surface area contributed by atoms with E-state index in [0.717, 1.165) is 19.5 Å². The molecule has 15 heavy (non-hydrogen) atoms. The molecule has 1 N–H and O–H groups in total. The molecule has 0 spiro atoms. The first kappa shape index (κ1) is 11.8. The van der Waals surface area contributed by atoms with Crippen LogP contribution in [0.4, 0.5) is 0 Å². The van der Waals surface area contributed by atoms with Crippen molar-refractivity contribution in [2.24, 2.45) is 0 Å². The van der Waals surface area contributed by atoms with Gasteiger partial charge in [0.25, 0.3) is 0 Å². The van der Waals surface area contributed by atoms with Crippen LogP contribution in [0.25, 0.3) is 0 Å². The molecular formula is C12H19N3.